The van der Waals surface area contributed by atoms with Gasteiger partial charge in [0.1, 0.15) is 6.10 Å². The number of allylic oxidation sites excluding steroid dienone is 1. The molecule has 0 aliphatic heterocycles. The van der Waals surface area contributed by atoms with Crippen molar-refractivity contribution in [1.29, 1.82) is 0 Å². The van der Waals surface area contributed by atoms with Crippen molar-refractivity contribution in [3.05, 3.63) is 11.6 Å². The van der Waals surface area contributed by atoms with Crippen molar-refractivity contribution in [2.45, 2.75) is 78.2 Å². The Bertz CT molecular complexity index is 653. The van der Waals surface area contributed by atoms with E-state index in [1.165, 1.54) is 18.9 Å². The monoisotopic (exact) mass is 360 g/mol. The maximum atomic E-state index is 11.8. The Morgan fingerprint density at radius 2 is 1.85 bits per heavy atom. The summed E-state index contributed by atoms with van der Waals surface area (Å²) in [5.74, 6) is 0.947. The van der Waals surface area contributed by atoms with Crippen LogP contribution in [0.2, 0.25) is 0 Å². The summed E-state index contributed by atoms with van der Waals surface area (Å²) in [6.07, 6.45) is 10.6. The normalized spacial score (nSPS) is 47.2. The second-order valence-electron chi connectivity index (χ2n) is 9.72. The molecule has 0 bridgehead atoms. The minimum absolute atomic E-state index is 0.0144. The number of ether oxygens (including phenoxy) is 1. The SMILES string of the molecule is CC(=O)OC1C=C2CCC3C(CCC4(C)C(C(=O)O)CCC34)C2(C)CC1. The standard InChI is InChI=1S/C22H32O4/c1-13(23)26-15-8-10-21(2)14(12-15)4-5-16-17-6-7-19(20(24)25)22(17,3)11-9-18(16)21/h12,15-19H,4-11H2,1-3H3,(H,24,25). The number of carbonyl (C=O) groups excluding carboxylic acids is 1. The molecular formula is C22H32O4. The largest absolute Gasteiger partial charge is 0.481 e. The molecule has 4 aliphatic carbocycles. The van der Waals surface area contributed by atoms with Gasteiger partial charge in [0.25, 0.3) is 0 Å². The zero-order chi connectivity index (χ0) is 18.7. The average Bonchev–Trinajstić information content (AvgIpc) is 2.92. The van der Waals surface area contributed by atoms with Gasteiger partial charge in [-0.15, -0.1) is 0 Å². The van der Waals surface area contributed by atoms with E-state index in [-0.39, 0.29) is 28.8 Å². The predicted molar refractivity (Wildman–Crippen MR) is 98.4 cm³/mol. The van der Waals surface area contributed by atoms with Crippen LogP contribution in [0.5, 0.6) is 0 Å². The Kier molecular flexibility index (Phi) is 4.24. The van der Waals surface area contributed by atoms with Gasteiger partial charge in [0, 0.05) is 6.92 Å². The van der Waals surface area contributed by atoms with E-state index in [0.29, 0.717) is 17.8 Å². The van der Waals surface area contributed by atoms with Crippen LogP contribution in [0, 0.1) is 34.5 Å². The van der Waals surface area contributed by atoms with E-state index in [0.717, 1.165) is 44.9 Å². The van der Waals surface area contributed by atoms with Crippen LogP contribution in [0.3, 0.4) is 0 Å². The maximum absolute atomic E-state index is 11.8. The van der Waals surface area contributed by atoms with Crippen molar-refractivity contribution in [2.24, 2.45) is 34.5 Å². The molecule has 3 fully saturated rings. The summed E-state index contributed by atoms with van der Waals surface area (Å²) in [5.41, 5.74) is 1.69. The van der Waals surface area contributed by atoms with Crippen LogP contribution >= 0.6 is 0 Å². The maximum Gasteiger partial charge on any atom is 0.307 e. The Morgan fingerprint density at radius 3 is 2.54 bits per heavy atom. The molecule has 0 saturated heterocycles. The molecule has 7 atom stereocenters. The van der Waals surface area contributed by atoms with Crippen molar-refractivity contribution < 1.29 is 19.4 Å². The second kappa shape index (κ2) is 6.10. The zero-order valence-corrected chi connectivity index (χ0v) is 16.3. The van der Waals surface area contributed by atoms with Gasteiger partial charge in [-0.05, 0) is 86.0 Å². The summed E-state index contributed by atoms with van der Waals surface area (Å²) in [4.78, 5) is 23.1. The number of carboxylic acid groups (broad SMARTS) is 1. The Balaban J connectivity index is 1.59. The fourth-order valence-corrected chi connectivity index (χ4v) is 7.41. The number of carbonyl (C=O) groups is 2. The van der Waals surface area contributed by atoms with Crippen LogP contribution in [0.4, 0.5) is 0 Å². The molecular weight excluding hydrogens is 328 g/mol. The van der Waals surface area contributed by atoms with Crippen LogP contribution in [0.1, 0.15) is 72.1 Å². The first-order valence-corrected chi connectivity index (χ1v) is 10.4. The smallest absolute Gasteiger partial charge is 0.307 e. The summed E-state index contributed by atoms with van der Waals surface area (Å²) in [7, 11) is 0. The molecule has 144 valence electrons. The van der Waals surface area contributed by atoms with Crippen molar-refractivity contribution in [2.75, 3.05) is 0 Å². The molecule has 0 aromatic rings. The van der Waals surface area contributed by atoms with Crippen LogP contribution in [0.15, 0.2) is 11.6 Å². The lowest BCUT2D eigenvalue weighted by atomic mass is 9.47. The highest BCUT2D eigenvalue weighted by Gasteiger charge is 2.60. The van der Waals surface area contributed by atoms with Crippen LogP contribution in [-0.2, 0) is 14.3 Å². The van der Waals surface area contributed by atoms with Gasteiger partial charge in [-0.25, -0.2) is 0 Å². The third kappa shape index (κ3) is 2.55. The molecule has 0 spiro atoms. The molecule has 7 unspecified atom stereocenters. The van der Waals surface area contributed by atoms with Crippen molar-refractivity contribution in [3.63, 3.8) is 0 Å². The van der Waals surface area contributed by atoms with E-state index in [2.05, 4.69) is 19.9 Å². The molecule has 3 saturated carbocycles. The van der Waals surface area contributed by atoms with Gasteiger partial charge in [-0.2, -0.15) is 0 Å². The van der Waals surface area contributed by atoms with Gasteiger partial charge in [0.2, 0.25) is 0 Å². The molecule has 0 radical (unpaired) electrons. The predicted octanol–water partition coefficient (Wildman–Crippen LogP) is 4.58. The summed E-state index contributed by atoms with van der Waals surface area (Å²) >= 11 is 0. The van der Waals surface area contributed by atoms with Gasteiger partial charge in [0.05, 0.1) is 5.92 Å². The minimum Gasteiger partial charge on any atom is -0.481 e. The Hall–Kier alpha value is -1.32. The van der Waals surface area contributed by atoms with Crippen LogP contribution in [-0.4, -0.2) is 23.1 Å². The number of carboxylic acids is 1. The number of aliphatic carboxylic acids is 1. The Labute approximate surface area is 156 Å². The van der Waals surface area contributed by atoms with Crippen LogP contribution < -0.4 is 0 Å². The van der Waals surface area contributed by atoms with Gasteiger partial charge in [0.15, 0.2) is 0 Å². The van der Waals surface area contributed by atoms with Crippen molar-refractivity contribution in [3.8, 4) is 0 Å². The van der Waals surface area contributed by atoms with Gasteiger partial charge < -0.3 is 9.84 Å². The van der Waals surface area contributed by atoms with E-state index in [1.54, 1.807) is 0 Å². The first-order chi connectivity index (χ1) is 12.3. The first kappa shape index (κ1) is 18.1. The van der Waals surface area contributed by atoms with Crippen LogP contribution in [0.25, 0.3) is 0 Å². The van der Waals surface area contributed by atoms with E-state index in [4.69, 9.17) is 4.74 Å². The van der Waals surface area contributed by atoms with E-state index in [9.17, 15) is 14.7 Å². The first-order valence-electron chi connectivity index (χ1n) is 10.4. The molecule has 4 heteroatoms. The fourth-order valence-electron chi connectivity index (χ4n) is 7.41. The molecule has 0 heterocycles. The quantitative estimate of drug-likeness (QED) is 0.578. The molecule has 0 aromatic heterocycles. The van der Waals surface area contributed by atoms with Gasteiger partial charge in [-0.3, -0.25) is 9.59 Å². The van der Waals surface area contributed by atoms with Crippen molar-refractivity contribution >= 4 is 11.9 Å². The molecule has 4 rings (SSSR count). The van der Waals surface area contributed by atoms with Gasteiger partial charge in [-0.1, -0.05) is 19.4 Å². The number of rotatable bonds is 2. The fraction of sp³-hybridized carbons (Fsp3) is 0.818. The third-order valence-corrected chi connectivity index (χ3v) is 8.69. The highest BCUT2D eigenvalue weighted by atomic mass is 16.5. The van der Waals surface area contributed by atoms with Gasteiger partial charge >= 0.3 is 11.9 Å². The van der Waals surface area contributed by atoms with E-state index >= 15 is 0 Å². The number of fused-ring (bicyclic) bond motifs is 5. The number of esters is 1. The second-order valence-corrected chi connectivity index (χ2v) is 9.72. The highest BCUT2D eigenvalue weighted by molar-refractivity contribution is 5.71. The van der Waals surface area contributed by atoms with E-state index in [1.807, 2.05) is 0 Å². The van der Waals surface area contributed by atoms with Crippen molar-refractivity contribution in [1.82, 2.24) is 0 Å². The lowest BCUT2D eigenvalue weighted by Gasteiger charge is -2.58. The highest BCUT2D eigenvalue weighted by Crippen LogP contribution is 2.66. The summed E-state index contributed by atoms with van der Waals surface area (Å²) in [6.45, 7) is 6.17. The average molecular weight is 360 g/mol. The lowest BCUT2D eigenvalue weighted by molar-refractivity contribution is -0.150. The topological polar surface area (TPSA) is 63.6 Å². The lowest BCUT2D eigenvalue weighted by Crippen LogP contribution is -2.51. The number of hydrogen-bond donors (Lipinski definition) is 1. The summed E-state index contributed by atoms with van der Waals surface area (Å²) in [6, 6.07) is 0. The molecule has 4 nitrogen and oxygen atoms in total. The molecule has 0 amide bonds. The third-order valence-electron chi connectivity index (χ3n) is 8.69. The Morgan fingerprint density at radius 1 is 1.08 bits per heavy atom. The molecule has 0 aromatic carbocycles. The molecule has 26 heavy (non-hydrogen) atoms. The molecule has 1 N–H and O–H groups in total. The molecule has 4 aliphatic rings. The minimum atomic E-state index is -0.585. The van der Waals surface area contributed by atoms with E-state index < -0.39 is 5.97 Å². The summed E-state index contributed by atoms with van der Waals surface area (Å²) in [5, 5.41) is 9.70. The number of hydrogen-bond acceptors (Lipinski definition) is 3. The summed E-state index contributed by atoms with van der Waals surface area (Å²) < 4.78 is 5.47. The zero-order valence-electron chi connectivity index (χ0n) is 16.3.